The molecule has 0 N–H and O–H groups in total. The van der Waals surface area contributed by atoms with Gasteiger partial charge >= 0.3 is 0 Å². The van der Waals surface area contributed by atoms with Gasteiger partial charge in [0.15, 0.2) is 0 Å². The molecule has 4 nitrogen and oxygen atoms in total. The van der Waals surface area contributed by atoms with Crippen molar-refractivity contribution >= 4 is 21.6 Å². The van der Waals surface area contributed by atoms with E-state index < -0.39 is 15.8 Å². The van der Waals surface area contributed by atoms with Gasteiger partial charge in [0.05, 0.1) is 17.6 Å². The predicted octanol–water partition coefficient (Wildman–Crippen LogP) is 1.76. The molecule has 0 saturated carbocycles. The van der Waals surface area contributed by atoms with E-state index in [1.165, 1.54) is 16.4 Å². The molecule has 1 saturated heterocycles. The largest absolute Gasteiger partial charge is 0.374 e. The first-order chi connectivity index (χ1) is 8.95. The average Bonchev–Trinajstić information content (AvgIpc) is 2.41. The molecule has 0 aromatic heterocycles. The molecule has 19 heavy (non-hydrogen) atoms. The van der Waals surface area contributed by atoms with E-state index in [4.69, 9.17) is 16.3 Å². The third-order valence-corrected chi connectivity index (χ3v) is 5.39. The maximum atomic E-state index is 13.3. The molecule has 1 aliphatic heterocycles. The summed E-state index contributed by atoms with van der Waals surface area (Å²) < 4.78 is 44.9. The zero-order valence-corrected chi connectivity index (χ0v) is 12.0. The lowest BCUT2D eigenvalue weighted by molar-refractivity contribution is 0.0122. The van der Waals surface area contributed by atoms with E-state index in [2.05, 4.69) is 0 Å². The van der Waals surface area contributed by atoms with Crippen LogP contribution in [0.2, 0.25) is 0 Å². The number of morpholine rings is 1. The summed E-state index contributed by atoms with van der Waals surface area (Å²) in [5, 5.41) is 0. The summed E-state index contributed by atoms with van der Waals surface area (Å²) >= 11 is 5.69. The summed E-state index contributed by atoms with van der Waals surface area (Å²) in [5.41, 5.74) is 0.523. The molecule has 1 fully saturated rings. The van der Waals surface area contributed by atoms with Crippen molar-refractivity contribution in [1.29, 1.82) is 0 Å². The van der Waals surface area contributed by atoms with Crippen molar-refractivity contribution in [2.24, 2.45) is 0 Å². The van der Waals surface area contributed by atoms with Crippen molar-refractivity contribution in [2.45, 2.75) is 17.9 Å². The molecule has 1 heterocycles. The number of rotatable bonds is 3. The van der Waals surface area contributed by atoms with Crippen LogP contribution < -0.4 is 0 Å². The zero-order valence-electron chi connectivity index (χ0n) is 10.5. The third kappa shape index (κ3) is 3.08. The van der Waals surface area contributed by atoms with E-state index in [0.717, 1.165) is 6.07 Å². The highest BCUT2D eigenvalue weighted by Gasteiger charge is 2.31. The van der Waals surface area contributed by atoms with E-state index in [1.807, 2.05) is 0 Å². The normalized spacial score (nSPS) is 21.5. The second-order valence-corrected chi connectivity index (χ2v) is 6.63. The summed E-state index contributed by atoms with van der Waals surface area (Å²) in [7, 11) is -3.70. The molecule has 0 radical (unpaired) electrons. The lowest BCUT2D eigenvalue weighted by atomic mass is 10.2. The molecule has 0 amide bonds. The molecule has 7 heteroatoms. The second-order valence-electron chi connectivity index (χ2n) is 4.42. The van der Waals surface area contributed by atoms with Gasteiger partial charge in [-0.05, 0) is 24.6 Å². The highest BCUT2D eigenvalue weighted by molar-refractivity contribution is 7.89. The second kappa shape index (κ2) is 5.75. The number of halogens is 2. The summed E-state index contributed by atoms with van der Waals surface area (Å²) in [6, 6.07) is 3.76. The minimum Gasteiger partial charge on any atom is -0.374 e. The van der Waals surface area contributed by atoms with E-state index in [-0.39, 0.29) is 30.0 Å². The minimum atomic E-state index is -3.70. The Morgan fingerprint density at radius 1 is 1.53 bits per heavy atom. The number of alkyl halides is 1. The first-order valence-corrected chi connectivity index (χ1v) is 7.86. The summed E-state index contributed by atoms with van der Waals surface area (Å²) in [5.74, 6) is -0.333. The Morgan fingerprint density at radius 2 is 2.26 bits per heavy atom. The number of ether oxygens (including phenoxy) is 1. The van der Waals surface area contributed by atoms with Crippen LogP contribution in [0.3, 0.4) is 0 Å². The van der Waals surface area contributed by atoms with Gasteiger partial charge < -0.3 is 4.74 Å². The molecule has 1 unspecified atom stereocenters. The van der Waals surface area contributed by atoms with Crippen LogP contribution in [0.25, 0.3) is 0 Å². The summed E-state index contributed by atoms with van der Waals surface area (Å²) in [6.45, 7) is 2.39. The van der Waals surface area contributed by atoms with Crippen molar-refractivity contribution < 1.29 is 17.5 Å². The van der Waals surface area contributed by atoms with Gasteiger partial charge in [-0.1, -0.05) is 6.07 Å². The quantitative estimate of drug-likeness (QED) is 0.800. The maximum absolute atomic E-state index is 13.3. The van der Waals surface area contributed by atoms with Crippen molar-refractivity contribution in [1.82, 2.24) is 4.31 Å². The van der Waals surface area contributed by atoms with Crippen molar-refractivity contribution in [3.8, 4) is 0 Å². The van der Waals surface area contributed by atoms with Crippen molar-refractivity contribution in [3.63, 3.8) is 0 Å². The predicted molar refractivity (Wildman–Crippen MR) is 70.4 cm³/mol. The lowest BCUT2D eigenvalue weighted by Gasteiger charge is -2.31. The molecule has 1 aromatic rings. The fraction of sp³-hybridized carbons (Fsp3) is 0.500. The van der Waals surface area contributed by atoms with Gasteiger partial charge in [-0.25, -0.2) is 12.8 Å². The Bertz CT molecular complexity index is 564. The standard InChI is InChI=1S/C12H15ClFNO3S/c1-9-2-3-10(14)6-12(9)19(16,17)15-4-5-18-11(7-13)8-15/h2-3,6,11H,4-5,7-8H2,1H3. The fourth-order valence-corrected chi connectivity index (χ4v) is 3.87. The van der Waals surface area contributed by atoms with Gasteiger partial charge in [0, 0.05) is 19.0 Å². The highest BCUT2D eigenvalue weighted by Crippen LogP contribution is 2.23. The van der Waals surface area contributed by atoms with Crippen LogP contribution in [0.4, 0.5) is 4.39 Å². The summed E-state index contributed by atoms with van der Waals surface area (Å²) in [6.07, 6.45) is -0.320. The Hall–Kier alpha value is -0.690. The molecule has 2 rings (SSSR count). The molecular formula is C12H15ClFNO3S. The Morgan fingerprint density at radius 3 is 2.95 bits per heavy atom. The number of benzene rings is 1. The maximum Gasteiger partial charge on any atom is 0.243 e. The van der Waals surface area contributed by atoms with Gasteiger partial charge in [0.2, 0.25) is 10.0 Å². The van der Waals surface area contributed by atoms with Gasteiger partial charge in [0.1, 0.15) is 5.82 Å². The first-order valence-electron chi connectivity index (χ1n) is 5.89. The average molecular weight is 308 g/mol. The van der Waals surface area contributed by atoms with Crippen LogP contribution in [0.15, 0.2) is 23.1 Å². The molecule has 1 aromatic carbocycles. The lowest BCUT2D eigenvalue weighted by Crippen LogP contribution is -2.46. The number of nitrogens with zero attached hydrogens (tertiary/aromatic N) is 1. The number of hydrogen-bond donors (Lipinski definition) is 0. The van der Waals surface area contributed by atoms with Crippen LogP contribution in [-0.2, 0) is 14.8 Å². The number of sulfonamides is 1. The molecular weight excluding hydrogens is 293 g/mol. The van der Waals surface area contributed by atoms with Crippen LogP contribution in [-0.4, -0.2) is 44.4 Å². The van der Waals surface area contributed by atoms with Crippen molar-refractivity contribution in [2.75, 3.05) is 25.6 Å². The number of hydrogen-bond acceptors (Lipinski definition) is 3. The van der Waals surface area contributed by atoms with E-state index >= 15 is 0 Å². The highest BCUT2D eigenvalue weighted by atomic mass is 35.5. The minimum absolute atomic E-state index is 0.00252. The van der Waals surface area contributed by atoms with Crippen LogP contribution in [0, 0.1) is 12.7 Å². The van der Waals surface area contributed by atoms with E-state index in [9.17, 15) is 12.8 Å². The Kier molecular flexibility index (Phi) is 4.45. The molecule has 1 atom stereocenters. The van der Waals surface area contributed by atoms with Gasteiger partial charge in [-0.3, -0.25) is 0 Å². The van der Waals surface area contributed by atoms with E-state index in [0.29, 0.717) is 12.2 Å². The van der Waals surface area contributed by atoms with Gasteiger partial charge in [-0.15, -0.1) is 11.6 Å². The van der Waals surface area contributed by atoms with Crippen LogP contribution in [0.1, 0.15) is 5.56 Å². The molecule has 0 bridgehead atoms. The molecule has 0 spiro atoms. The monoisotopic (exact) mass is 307 g/mol. The smallest absolute Gasteiger partial charge is 0.243 e. The fourth-order valence-electron chi connectivity index (χ4n) is 1.99. The molecule has 0 aliphatic carbocycles. The summed E-state index contributed by atoms with van der Waals surface area (Å²) in [4.78, 5) is 0.00252. The topological polar surface area (TPSA) is 46.6 Å². The molecule has 106 valence electrons. The van der Waals surface area contributed by atoms with Crippen molar-refractivity contribution in [3.05, 3.63) is 29.6 Å². The SMILES string of the molecule is Cc1ccc(F)cc1S(=O)(=O)N1CCOC(CCl)C1. The van der Waals surface area contributed by atoms with Crippen LogP contribution in [0.5, 0.6) is 0 Å². The Balaban J connectivity index is 2.34. The number of aryl methyl sites for hydroxylation is 1. The van der Waals surface area contributed by atoms with Gasteiger partial charge in [-0.2, -0.15) is 4.31 Å². The Labute approximate surface area is 117 Å². The van der Waals surface area contributed by atoms with Gasteiger partial charge in [0.25, 0.3) is 0 Å². The van der Waals surface area contributed by atoms with E-state index in [1.54, 1.807) is 6.92 Å². The first kappa shape index (κ1) is 14.7. The van der Waals surface area contributed by atoms with Crippen LogP contribution >= 0.6 is 11.6 Å². The third-order valence-electron chi connectivity index (χ3n) is 3.04. The molecule has 1 aliphatic rings. The zero-order chi connectivity index (χ0) is 14.0.